The molecule has 2 unspecified atom stereocenters. The maximum atomic E-state index is 14.5. The van der Waals surface area contributed by atoms with Crippen LogP contribution >= 0.6 is 0 Å². The van der Waals surface area contributed by atoms with Crippen LogP contribution in [0.25, 0.3) is 0 Å². The van der Waals surface area contributed by atoms with Crippen LogP contribution < -0.4 is 5.32 Å². The van der Waals surface area contributed by atoms with Crippen molar-refractivity contribution in [2.75, 3.05) is 6.54 Å². The predicted molar refractivity (Wildman–Crippen MR) is 138 cm³/mol. The topological polar surface area (TPSA) is 75.2 Å². The summed E-state index contributed by atoms with van der Waals surface area (Å²) in [5.41, 5.74) is 0.553. The number of Topliss-reactive ketones (excluding diaryl/α,β-unsaturated/α-hetero) is 1. The molecule has 36 heavy (non-hydrogen) atoms. The normalized spacial score (nSPS) is 21.7. The van der Waals surface area contributed by atoms with Crippen LogP contribution in [0.2, 0.25) is 0 Å². The number of hydrogen-bond donors (Lipinski definition) is 1. The van der Waals surface area contributed by atoms with Crippen molar-refractivity contribution in [2.45, 2.75) is 31.0 Å². The third kappa shape index (κ3) is 4.10. The smallest absolute Gasteiger partial charge is 0.271 e. The highest BCUT2D eigenvalue weighted by atomic mass is 16.2. The Labute approximate surface area is 211 Å². The third-order valence-electron chi connectivity index (χ3n) is 7.24. The second kappa shape index (κ2) is 9.84. The lowest BCUT2D eigenvalue weighted by molar-refractivity contribution is 0.0391. The predicted octanol–water partition coefficient (Wildman–Crippen LogP) is 4.65. The van der Waals surface area contributed by atoms with E-state index in [2.05, 4.69) is 20.2 Å². The summed E-state index contributed by atoms with van der Waals surface area (Å²) in [6, 6.07) is 30.1. The first-order valence-corrected chi connectivity index (χ1v) is 12.1. The summed E-state index contributed by atoms with van der Waals surface area (Å²) >= 11 is 0. The molecule has 180 valence electrons. The van der Waals surface area contributed by atoms with E-state index < -0.39 is 11.1 Å². The van der Waals surface area contributed by atoms with Gasteiger partial charge in [-0.2, -0.15) is 0 Å². The van der Waals surface area contributed by atoms with E-state index in [1.165, 1.54) is 0 Å². The quantitative estimate of drug-likeness (QED) is 0.393. The van der Waals surface area contributed by atoms with E-state index in [1.807, 2.05) is 85.8 Å². The van der Waals surface area contributed by atoms with Gasteiger partial charge < -0.3 is 5.32 Å². The molecule has 0 saturated carbocycles. The molecule has 2 aromatic heterocycles. The molecular weight excluding hydrogens is 448 g/mol. The minimum atomic E-state index is -1.06. The molecule has 5 rings (SSSR count). The molecule has 6 nitrogen and oxygen atoms in total. The standard InChI is InChI=1S/C30H28N4O2/c1-29(33-28(36)26-17-9-11-20-32-26)30(24-14-6-3-7-15-24,27(35)23-12-4-2-5-13-23)18-21-34(29)22-25-16-8-10-19-31-25/h2-17,19-20H,18,21-22H2,1H3,(H,33,36). The first-order chi connectivity index (χ1) is 17.5. The summed E-state index contributed by atoms with van der Waals surface area (Å²) < 4.78 is 0. The van der Waals surface area contributed by atoms with Gasteiger partial charge in [0.1, 0.15) is 11.4 Å². The Balaban J connectivity index is 1.67. The Hall–Kier alpha value is -4.16. The lowest BCUT2D eigenvalue weighted by atomic mass is 9.66. The number of nitrogens with zero attached hydrogens (tertiary/aromatic N) is 3. The number of carbonyl (C=O) groups excluding carboxylic acids is 2. The van der Waals surface area contributed by atoms with Crippen molar-refractivity contribution in [2.24, 2.45) is 0 Å². The zero-order valence-corrected chi connectivity index (χ0v) is 20.2. The van der Waals surface area contributed by atoms with Crippen LogP contribution in [-0.4, -0.2) is 38.8 Å². The van der Waals surface area contributed by atoms with Crippen LogP contribution in [0.1, 0.15) is 45.4 Å². The monoisotopic (exact) mass is 476 g/mol. The zero-order valence-electron chi connectivity index (χ0n) is 20.2. The van der Waals surface area contributed by atoms with Crippen molar-refractivity contribution < 1.29 is 9.59 Å². The van der Waals surface area contributed by atoms with Gasteiger partial charge in [-0.15, -0.1) is 0 Å². The highest BCUT2D eigenvalue weighted by molar-refractivity contribution is 6.06. The molecule has 0 radical (unpaired) electrons. The summed E-state index contributed by atoms with van der Waals surface area (Å²) in [5, 5.41) is 3.26. The Morgan fingerprint density at radius 1 is 0.833 bits per heavy atom. The van der Waals surface area contributed by atoms with Crippen molar-refractivity contribution in [1.29, 1.82) is 0 Å². The van der Waals surface area contributed by atoms with Crippen LogP contribution in [0, 0.1) is 0 Å². The third-order valence-corrected chi connectivity index (χ3v) is 7.24. The summed E-state index contributed by atoms with van der Waals surface area (Å²) in [6.45, 7) is 3.04. The number of carbonyl (C=O) groups is 2. The molecule has 3 heterocycles. The molecule has 2 aromatic carbocycles. The van der Waals surface area contributed by atoms with Crippen molar-refractivity contribution in [3.8, 4) is 0 Å². The van der Waals surface area contributed by atoms with Gasteiger partial charge in [0.25, 0.3) is 5.91 Å². The highest BCUT2D eigenvalue weighted by Crippen LogP contribution is 2.49. The molecule has 1 saturated heterocycles. The number of aromatic nitrogens is 2. The lowest BCUT2D eigenvalue weighted by Crippen LogP contribution is -2.67. The van der Waals surface area contributed by atoms with Crippen molar-refractivity contribution >= 4 is 11.7 Å². The van der Waals surface area contributed by atoms with Gasteiger partial charge in [-0.05, 0) is 43.2 Å². The van der Waals surface area contributed by atoms with Crippen molar-refractivity contribution in [1.82, 2.24) is 20.2 Å². The average molecular weight is 477 g/mol. The number of pyridine rings is 2. The molecule has 1 aliphatic heterocycles. The summed E-state index contributed by atoms with van der Waals surface area (Å²) in [6.07, 6.45) is 3.89. The molecule has 0 bridgehead atoms. The van der Waals surface area contributed by atoms with Gasteiger partial charge in [0, 0.05) is 31.0 Å². The molecule has 0 spiro atoms. The summed E-state index contributed by atoms with van der Waals surface area (Å²) in [7, 11) is 0. The van der Waals surface area contributed by atoms with Gasteiger partial charge >= 0.3 is 0 Å². The molecular formula is C30H28N4O2. The molecule has 1 N–H and O–H groups in total. The van der Waals surface area contributed by atoms with Crippen LogP contribution in [0.15, 0.2) is 109 Å². The number of rotatable bonds is 7. The largest absolute Gasteiger partial charge is 0.331 e. The van der Waals surface area contributed by atoms with Crippen LogP contribution in [0.4, 0.5) is 0 Å². The second-order valence-corrected chi connectivity index (χ2v) is 9.20. The molecule has 1 amide bonds. The Morgan fingerprint density at radius 2 is 1.47 bits per heavy atom. The second-order valence-electron chi connectivity index (χ2n) is 9.20. The average Bonchev–Trinajstić information content (AvgIpc) is 3.22. The first kappa shape index (κ1) is 23.6. The van der Waals surface area contributed by atoms with Crippen LogP contribution in [-0.2, 0) is 12.0 Å². The minimum absolute atomic E-state index is 0.0263. The van der Waals surface area contributed by atoms with Crippen LogP contribution in [0.5, 0.6) is 0 Å². The fraction of sp³-hybridized carbons (Fsp3) is 0.200. The van der Waals surface area contributed by atoms with E-state index in [9.17, 15) is 9.59 Å². The van der Waals surface area contributed by atoms with E-state index in [4.69, 9.17) is 0 Å². The Morgan fingerprint density at radius 3 is 2.11 bits per heavy atom. The van der Waals surface area contributed by atoms with Gasteiger partial charge in [0.2, 0.25) is 0 Å². The molecule has 6 heteroatoms. The highest BCUT2D eigenvalue weighted by Gasteiger charge is 2.62. The van der Waals surface area contributed by atoms with Crippen molar-refractivity contribution in [3.05, 3.63) is 132 Å². The number of amides is 1. The SMILES string of the molecule is CC1(NC(=O)c2ccccn2)N(Cc2ccccn2)CCC1(C(=O)c1ccccc1)c1ccccc1. The fourth-order valence-electron chi connectivity index (χ4n) is 5.38. The molecule has 2 atom stereocenters. The Kier molecular flexibility index (Phi) is 6.44. The molecule has 0 aliphatic carbocycles. The number of nitrogens with one attached hydrogen (secondary N) is 1. The Bertz CT molecular complexity index is 1330. The van der Waals surface area contributed by atoms with Gasteiger partial charge in [-0.3, -0.25) is 24.5 Å². The number of likely N-dealkylation sites (tertiary alicyclic amines) is 1. The fourth-order valence-corrected chi connectivity index (χ4v) is 5.38. The molecule has 1 aliphatic rings. The number of benzene rings is 2. The van der Waals surface area contributed by atoms with E-state index >= 15 is 0 Å². The van der Waals surface area contributed by atoms with Crippen LogP contribution in [0.3, 0.4) is 0 Å². The van der Waals surface area contributed by atoms with Gasteiger partial charge in [-0.1, -0.05) is 72.8 Å². The van der Waals surface area contributed by atoms with Gasteiger partial charge in [0.15, 0.2) is 5.78 Å². The van der Waals surface area contributed by atoms with E-state index in [-0.39, 0.29) is 11.7 Å². The van der Waals surface area contributed by atoms with E-state index in [0.717, 1.165) is 11.3 Å². The number of hydrogen-bond acceptors (Lipinski definition) is 5. The van der Waals surface area contributed by atoms with E-state index in [1.54, 1.807) is 30.6 Å². The lowest BCUT2D eigenvalue weighted by Gasteiger charge is -2.47. The number of ketones is 1. The zero-order chi connectivity index (χ0) is 25.0. The minimum Gasteiger partial charge on any atom is -0.331 e. The maximum Gasteiger partial charge on any atom is 0.271 e. The first-order valence-electron chi connectivity index (χ1n) is 12.1. The van der Waals surface area contributed by atoms with Gasteiger partial charge in [0.05, 0.1) is 11.1 Å². The van der Waals surface area contributed by atoms with Gasteiger partial charge in [-0.25, -0.2) is 0 Å². The maximum absolute atomic E-state index is 14.5. The molecule has 4 aromatic rings. The molecule has 1 fully saturated rings. The summed E-state index contributed by atoms with van der Waals surface area (Å²) in [4.78, 5) is 39.0. The van der Waals surface area contributed by atoms with E-state index in [0.29, 0.717) is 30.8 Å². The van der Waals surface area contributed by atoms with Crippen molar-refractivity contribution in [3.63, 3.8) is 0 Å². The summed E-state index contributed by atoms with van der Waals surface area (Å²) in [5.74, 6) is -0.353.